The molecule has 0 saturated heterocycles. The van der Waals surface area contributed by atoms with Crippen LogP contribution in [0.25, 0.3) is 0 Å². The second kappa shape index (κ2) is 13.2. The second-order valence-electron chi connectivity index (χ2n) is 9.20. The van der Waals surface area contributed by atoms with Gasteiger partial charge in [-0.25, -0.2) is 5.48 Å². The second-order valence-corrected chi connectivity index (χ2v) is 9.20. The van der Waals surface area contributed by atoms with Gasteiger partial charge in [0, 0.05) is 25.4 Å². The van der Waals surface area contributed by atoms with Crippen molar-refractivity contribution in [3.05, 3.63) is 0 Å². The summed E-state index contributed by atoms with van der Waals surface area (Å²) in [5.41, 5.74) is 6.62. The predicted octanol–water partition coefficient (Wildman–Crippen LogP) is 0.0448. The van der Waals surface area contributed by atoms with E-state index in [2.05, 4.69) is 16.0 Å². The summed E-state index contributed by atoms with van der Waals surface area (Å²) in [6.45, 7) is 11.8. The van der Waals surface area contributed by atoms with Crippen LogP contribution in [0.4, 0.5) is 0 Å². The lowest BCUT2D eigenvalue weighted by molar-refractivity contribution is -0.137. The quantitative estimate of drug-likeness (QED) is 0.190. The number of hydroxylamine groups is 1. The molecular formula is C20H39N5O5. The Labute approximate surface area is 179 Å². The van der Waals surface area contributed by atoms with Gasteiger partial charge in [-0.15, -0.1) is 0 Å². The number of hydrogen-bond acceptors (Lipinski definition) is 6. The number of hydrogen-bond donors (Lipinski definition) is 6. The molecule has 0 aliphatic heterocycles. The molecule has 10 heteroatoms. The summed E-state index contributed by atoms with van der Waals surface area (Å²) >= 11 is 0. The maximum atomic E-state index is 12.8. The Bertz CT molecular complexity index is 589. The maximum Gasteiger partial charge on any atom is 0.244 e. The molecule has 174 valence electrons. The lowest BCUT2D eigenvalue weighted by atomic mass is 9.86. The van der Waals surface area contributed by atoms with E-state index < -0.39 is 35.7 Å². The summed E-state index contributed by atoms with van der Waals surface area (Å²) in [5.74, 6) is -2.53. The van der Waals surface area contributed by atoms with Gasteiger partial charge < -0.3 is 21.7 Å². The van der Waals surface area contributed by atoms with Crippen molar-refractivity contribution in [2.75, 3.05) is 13.1 Å². The van der Waals surface area contributed by atoms with Crippen LogP contribution in [0.5, 0.6) is 0 Å². The van der Waals surface area contributed by atoms with Crippen molar-refractivity contribution in [1.82, 2.24) is 21.4 Å². The van der Waals surface area contributed by atoms with Crippen molar-refractivity contribution >= 4 is 23.6 Å². The highest BCUT2D eigenvalue weighted by Gasteiger charge is 2.31. The largest absolute Gasteiger partial charge is 0.353 e. The summed E-state index contributed by atoms with van der Waals surface area (Å²) in [6, 6.07) is -1.68. The normalized spacial score (nSPS) is 14.4. The van der Waals surface area contributed by atoms with Gasteiger partial charge in [0.1, 0.15) is 12.1 Å². The fourth-order valence-electron chi connectivity index (χ4n) is 2.96. The van der Waals surface area contributed by atoms with E-state index in [4.69, 9.17) is 10.9 Å². The van der Waals surface area contributed by atoms with Gasteiger partial charge in [0.2, 0.25) is 23.6 Å². The molecule has 0 aromatic heterocycles. The fourth-order valence-corrected chi connectivity index (χ4v) is 2.96. The lowest BCUT2D eigenvalue weighted by Crippen LogP contribution is -2.54. The Kier molecular flexibility index (Phi) is 12.2. The summed E-state index contributed by atoms with van der Waals surface area (Å²) in [6.07, 6.45) is 0.561. The van der Waals surface area contributed by atoms with Crippen molar-refractivity contribution in [3.63, 3.8) is 0 Å². The molecule has 0 heterocycles. The number of carbonyl (C=O) groups excluding carboxylic acids is 4. The molecule has 0 spiro atoms. The smallest absolute Gasteiger partial charge is 0.244 e. The average Bonchev–Trinajstić information content (AvgIpc) is 2.62. The fraction of sp³-hybridized carbons (Fsp3) is 0.800. The first-order valence-electron chi connectivity index (χ1n) is 10.3. The highest BCUT2D eigenvalue weighted by Crippen LogP contribution is 2.22. The third-order valence-corrected chi connectivity index (χ3v) is 4.33. The lowest BCUT2D eigenvalue weighted by Gasteiger charge is -2.29. The molecule has 0 aromatic carbocycles. The first kappa shape index (κ1) is 27.8. The van der Waals surface area contributed by atoms with E-state index in [-0.39, 0.29) is 30.2 Å². The van der Waals surface area contributed by atoms with Crippen LogP contribution in [0.15, 0.2) is 0 Å². The number of rotatable bonds is 12. The molecule has 0 bridgehead atoms. The molecule has 30 heavy (non-hydrogen) atoms. The average molecular weight is 430 g/mol. The number of nitrogens with one attached hydrogen (secondary N) is 4. The van der Waals surface area contributed by atoms with E-state index in [0.717, 1.165) is 0 Å². The Hall–Kier alpha value is -2.20. The zero-order chi connectivity index (χ0) is 23.5. The highest BCUT2D eigenvalue weighted by molar-refractivity contribution is 5.93. The minimum atomic E-state index is -0.880. The molecule has 0 saturated carbocycles. The number of amides is 4. The van der Waals surface area contributed by atoms with Crippen molar-refractivity contribution < 1.29 is 24.4 Å². The molecule has 3 atom stereocenters. The Balaban J connectivity index is 5.34. The molecule has 4 amide bonds. The summed E-state index contributed by atoms with van der Waals surface area (Å²) in [4.78, 5) is 49.3. The van der Waals surface area contributed by atoms with Gasteiger partial charge in [-0.05, 0) is 31.1 Å². The van der Waals surface area contributed by atoms with Crippen LogP contribution in [-0.2, 0) is 19.2 Å². The van der Waals surface area contributed by atoms with Crippen molar-refractivity contribution in [1.29, 1.82) is 0 Å². The monoisotopic (exact) mass is 429 g/mol. The molecule has 0 fully saturated rings. The molecule has 0 unspecified atom stereocenters. The van der Waals surface area contributed by atoms with Crippen LogP contribution < -0.4 is 27.2 Å². The van der Waals surface area contributed by atoms with E-state index in [0.29, 0.717) is 19.4 Å². The summed E-state index contributed by atoms with van der Waals surface area (Å²) in [7, 11) is 0. The van der Waals surface area contributed by atoms with Crippen molar-refractivity contribution in [2.45, 2.75) is 72.9 Å². The standard InChI is InChI=1S/C20H39N5O5/c1-12(2)9-14(10-16(26)25-30)18(28)24-15(11-20(4,5)6)19(29)23-13(3)17(27)22-8-7-21/h12-15,30H,7-11,21H2,1-6H3,(H,22,27)(H,23,29)(H,24,28)(H,25,26)/t13-,14+,15-/m0/s1. The number of nitrogens with two attached hydrogens (primary N) is 1. The molecule has 0 rings (SSSR count). The summed E-state index contributed by atoms with van der Waals surface area (Å²) in [5, 5.41) is 16.7. The Morgan fingerprint density at radius 1 is 0.967 bits per heavy atom. The van der Waals surface area contributed by atoms with Crippen molar-refractivity contribution in [2.24, 2.45) is 23.0 Å². The topological polar surface area (TPSA) is 163 Å². The predicted molar refractivity (Wildman–Crippen MR) is 113 cm³/mol. The van der Waals surface area contributed by atoms with Gasteiger partial charge in [0.25, 0.3) is 0 Å². The SMILES string of the molecule is CC(C)C[C@H](CC(=O)NO)C(=O)N[C@@H](CC(C)(C)C)C(=O)N[C@@H](C)C(=O)NCCN. The Morgan fingerprint density at radius 2 is 1.57 bits per heavy atom. The van der Waals surface area contributed by atoms with E-state index in [1.165, 1.54) is 0 Å². The van der Waals surface area contributed by atoms with Gasteiger partial charge in [-0.3, -0.25) is 24.4 Å². The van der Waals surface area contributed by atoms with Gasteiger partial charge in [-0.1, -0.05) is 34.6 Å². The first-order chi connectivity index (χ1) is 13.8. The minimum Gasteiger partial charge on any atom is -0.353 e. The minimum absolute atomic E-state index is 0.133. The molecular weight excluding hydrogens is 390 g/mol. The van der Waals surface area contributed by atoms with E-state index in [9.17, 15) is 19.2 Å². The molecule has 0 aliphatic carbocycles. The van der Waals surface area contributed by atoms with Crippen LogP contribution in [0.3, 0.4) is 0 Å². The van der Waals surface area contributed by atoms with E-state index in [1.807, 2.05) is 34.6 Å². The third-order valence-electron chi connectivity index (χ3n) is 4.33. The van der Waals surface area contributed by atoms with Crippen LogP contribution in [-0.4, -0.2) is 54.0 Å². The number of carbonyl (C=O) groups is 4. The van der Waals surface area contributed by atoms with Gasteiger partial charge >= 0.3 is 0 Å². The van der Waals surface area contributed by atoms with Crippen LogP contribution in [0, 0.1) is 17.3 Å². The van der Waals surface area contributed by atoms with Gasteiger partial charge in [0.05, 0.1) is 0 Å². The van der Waals surface area contributed by atoms with Crippen molar-refractivity contribution in [3.8, 4) is 0 Å². The molecule has 10 nitrogen and oxygen atoms in total. The zero-order valence-corrected chi connectivity index (χ0v) is 19.0. The molecule has 0 aliphatic rings. The maximum absolute atomic E-state index is 12.8. The van der Waals surface area contributed by atoms with Crippen LogP contribution >= 0.6 is 0 Å². The Morgan fingerprint density at radius 3 is 2.03 bits per heavy atom. The first-order valence-corrected chi connectivity index (χ1v) is 10.3. The molecule has 7 N–H and O–H groups in total. The zero-order valence-electron chi connectivity index (χ0n) is 19.0. The van der Waals surface area contributed by atoms with E-state index in [1.54, 1.807) is 12.4 Å². The van der Waals surface area contributed by atoms with E-state index >= 15 is 0 Å². The molecule has 0 aromatic rings. The summed E-state index contributed by atoms with van der Waals surface area (Å²) < 4.78 is 0. The van der Waals surface area contributed by atoms with Gasteiger partial charge in [0.15, 0.2) is 0 Å². The third kappa shape index (κ3) is 11.7. The molecule has 0 radical (unpaired) electrons. The van der Waals surface area contributed by atoms with Crippen LogP contribution in [0.1, 0.15) is 60.8 Å². The van der Waals surface area contributed by atoms with Gasteiger partial charge in [-0.2, -0.15) is 0 Å². The van der Waals surface area contributed by atoms with Crippen LogP contribution in [0.2, 0.25) is 0 Å². The highest BCUT2D eigenvalue weighted by atomic mass is 16.5.